The van der Waals surface area contributed by atoms with Crippen molar-refractivity contribution in [2.24, 2.45) is 0 Å². The summed E-state index contributed by atoms with van der Waals surface area (Å²) in [6.07, 6.45) is 2.03. The number of nitrogens with one attached hydrogen (secondary N) is 1. The molecule has 1 amide bonds. The third kappa shape index (κ3) is 6.80. The summed E-state index contributed by atoms with van der Waals surface area (Å²) < 4.78 is 0.313. The van der Waals surface area contributed by atoms with E-state index in [1.165, 1.54) is 12.1 Å². The number of aromatic hydroxyl groups is 1. The Kier molecular flexibility index (Phi) is 7.72. The Morgan fingerprint density at radius 1 is 1.26 bits per heavy atom. The lowest BCUT2D eigenvalue weighted by Gasteiger charge is -2.07. The first kappa shape index (κ1) is 19.1. The number of aliphatic carboxylic acids is 1. The highest BCUT2D eigenvalue weighted by atomic mass is 127. The van der Waals surface area contributed by atoms with E-state index < -0.39 is 22.3 Å². The third-order valence-electron chi connectivity index (χ3n) is 3.05. The molecule has 0 unspecified atom stereocenters. The molecular formula is C14H17IN2O6. The topological polar surface area (TPSA) is 130 Å². The van der Waals surface area contributed by atoms with Crippen molar-refractivity contribution in [1.82, 2.24) is 5.32 Å². The Hall–Kier alpha value is -1.91. The standard InChI is InChI=1S/C14H17IN2O6/c15-10-6-9(7-11(14(10)21)17(22)23)8-12(18)16-5-3-1-2-4-13(19)20/h6-7,21H,1-5,8H2,(H,16,18)(H,19,20). The van der Waals surface area contributed by atoms with Crippen molar-refractivity contribution < 1.29 is 24.7 Å². The average Bonchev–Trinajstić information content (AvgIpc) is 2.45. The van der Waals surface area contributed by atoms with E-state index in [1.54, 1.807) is 22.6 Å². The second kappa shape index (κ2) is 9.28. The molecule has 0 aromatic heterocycles. The van der Waals surface area contributed by atoms with Gasteiger partial charge in [-0.15, -0.1) is 0 Å². The molecule has 0 spiro atoms. The minimum Gasteiger partial charge on any atom is -0.501 e. The van der Waals surface area contributed by atoms with Crippen LogP contribution in [0.3, 0.4) is 0 Å². The van der Waals surface area contributed by atoms with Crippen LogP contribution in [-0.2, 0) is 16.0 Å². The van der Waals surface area contributed by atoms with Crippen molar-refractivity contribution in [2.45, 2.75) is 32.1 Å². The summed E-state index contributed by atoms with van der Waals surface area (Å²) in [4.78, 5) is 32.3. The van der Waals surface area contributed by atoms with Crippen LogP contribution in [0.1, 0.15) is 31.2 Å². The zero-order valence-electron chi connectivity index (χ0n) is 12.2. The first-order valence-electron chi connectivity index (χ1n) is 6.95. The first-order valence-corrected chi connectivity index (χ1v) is 8.03. The fourth-order valence-corrected chi connectivity index (χ4v) is 2.61. The molecule has 23 heavy (non-hydrogen) atoms. The fraction of sp³-hybridized carbons (Fsp3) is 0.429. The number of hydrogen-bond donors (Lipinski definition) is 3. The molecular weight excluding hydrogens is 419 g/mol. The van der Waals surface area contributed by atoms with Gasteiger partial charge in [0.15, 0.2) is 0 Å². The lowest BCUT2D eigenvalue weighted by molar-refractivity contribution is -0.386. The van der Waals surface area contributed by atoms with Crippen molar-refractivity contribution in [3.05, 3.63) is 31.4 Å². The van der Waals surface area contributed by atoms with E-state index in [-0.39, 0.29) is 18.7 Å². The minimum atomic E-state index is -0.836. The van der Waals surface area contributed by atoms with E-state index in [4.69, 9.17) is 5.11 Å². The molecule has 9 heteroatoms. The molecule has 0 aliphatic carbocycles. The van der Waals surface area contributed by atoms with Crippen LogP contribution < -0.4 is 5.32 Å². The van der Waals surface area contributed by atoms with Gasteiger partial charge in [0.25, 0.3) is 0 Å². The van der Waals surface area contributed by atoms with Crippen LogP contribution >= 0.6 is 22.6 Å². The molecule has 0 aliphatic heterocycles. The molecule has 0 aliphatic rings. The van der Waals surface area contributed by atoms with Gasteiger partial charge in [0.05, 0.1) is 14.9 Å². The zero-order chi connectivity index (χ0) is 17.4. The van der Waals surface area contributed by atoms with Crippen LogP contribution in [0, 0.1) is 13.7 Å². The lowest BCUT2D eigenvalue weighted by atomic mass is 10.1. The van der Waals surface area contributed by atoms with Gasteiger partial charge < -0.3 is 15.5 Å². The Morgan fingerprint density at radius 2 is 1.96 bits per heavy atom. The SMILES string of the molecule is O=C(O)CCCCCNC(=O)Cc1cc(I)c(O)c([N+](=O)[O-])c1. The van der Waals surface area contributed by atoms with Crippen LogP contribution in [0.15, 0.2) is 12.1 Å². The number of nitrogens with zero attached hydrogens (tertiary/aromatic N) is 1. The molecule has 126 valence electrons. The highest BCUT2D eigenvalue weighted by molar-refractivity contribution is 14.1. The van der Waals surface area contributed by atoms with Crippen molar-refractivity contribution in [2.75, 3.05) is 6.54 Å². The van der Waals surface area contributed by atoms with Crippen LogP contribution in [0.4, 0.5) is 5.69 Å². The van der Waals surface area contributed by atoms with Crippen LogP contribution in [-0.4, -0.2) is 33.6 Å². The Morgan fingerprint density at radius 3 is 2.57 bits per heavy atom. The number of nitro benzene ring substituents is 1. The maximum Gasteiger partial charge on any atom is 0.312 e. The van der Waals surface area contributed by atoms with Gasteiger partial charge >= 0.3 is 11.7 Å². The van der Waals surface area contributed by atoms with Gasteiger partial charge in [0.2, 0.25) is 11.7 Å². The highest BCUT2D eigenvalue weighted by Gasteiger charge is 2.18. The summed E-state index contributed by atoms with van der Waals surface area (Å²) in [5.41, 5.74) is 0.0237. The van der Waals surface area contributed by atoms with E-state index in [1.807, 2.05) is 0 Å². The van der Waals surface area contributed by atoms with Crippen molar-refractivity contribution >= 4 is 40.2 Å². The zero-order valence-corrected chi connectivity index (χ0v) is 14.4. The smallest absolute Gasteiger partial charge is 0.312 e. The number of carbonyl (C=O) groups excluding carboxylic acids is 1. The monoisotopic (exact) mass is 436 g/mol. The van der Waals surface area contributed by atoms with Gasteiger partial charge in [-0.3, -0.25) is 19.7 Å². The van der Waals surface area contributed by atoms with Crippen molar-refractivity contribution in [1.29, 1.82) is 0 Å². The predicted octanol–water partition coefficient (Wildman–Crippen LogP) is 2.21. The summed E-state index contributed by atoms with van der Waals surface area (Å²) in [7, 11) is 0. The molecule has 0 heterocycles. The van der Waals surface area contributed by atoms with Gasteiger partial charge in [-0.2, -0.15) is 0 Å². The molecule has 1 aromatic rings. The first-order chi connectivity index (χ1) is 10.8. The molecule has 3 N–H and O–H groups in total. The number of amides is 1. The van der Waals surface area contributed by atoms with Gasteiger partial charge in [-0.25, -0.2) is 0 Å². The Bertz CT molecular complexity index is 605. The Balaban J connectivity index is 2.45. The van der Waals surface area contributed by atoms with E-state index in [0.29, 0.717) is 34.9 Å². The number of phenols is 1. The number of carboxylic acid groups (broad SMARTS) is 1. The molecule has 1 rings (SSSR count). The van der Waals surface area contributed by atoms with Crippen molar-refractivity contribution in [3.8, 4) is 5.75 Å². The quantitative estimate of drug-likeness (QED) is 0.236. The van der Waals surface area contributed by atoms with E-state index >= 15 is 0 Å². The number of nitro groups is 1. The number of carboxylic acids is 1. The fourth-order valence-electron chi connectivity index (χ4n) is 1.93. The van der Waals surface area contributed by atoms with Gasteiger partial charge in [-0.1, -0.05) is 6.42 Å². The highest BCUT2D eigenvalue weighted by Crippen LogP contribution is 2.32. The molecule has 0 atom stereocenters. The van der Waals surface area contributed by atoms with E-state index in [0.717, 1.165) is 0 Å². The summed E-state index contributed by atoms with van der Waals surface area (Å²) >= 11 is 1.77. The molecule has 0 saturated heterocycles. The van der Waals surface area contributed by atoms with Gasteiger partial charge in [0, 0.05) is 19.0 Å². The maximum absolute atomic E-state index is 11.8. The van der Waals surface area contributed by atoms with Gasteiger partial charge in [-0.05, 0) is 47.1 Å². The van der Waals surface area contributed by atoms with Crippen LogP contribution in [0.25, 0.3) is 0 Å². The molecule has 0 fully saturated rings. The molecule has 0 saturated carbocycles. The summed E-state index contributed by atoms with van der Waals surface area (Å²) in [6, 6.07) is 2.71. The summed E-state index contributed by atoms with van der Waals surface area (Å²) in [5.74, 6) is -1.52. The van der Waals surface area contributed by atoms with Crippen LogP contribution in [0.5, 0.6) is 5.75 Å². The summed E-state index contributed by atoms with van der Waals surface area (Å²) in [5, 5.41) is 31.6. The van der Waals surface area contributed by atoms with Crippen molar-refractivity contribution in [3.63, 3.8) is 0 Å². The number of phenolic OH excluding ortho intramolecular Hbond substituents is 1. The minimum absolute atomic E-state index is 0.0216. The number of unbranched alkanes of at least 4 members (excludes halogenated alkanes) is 2. The third-order valence-corrected chi connectivity index (χ3v) is 3.88. The Labute approximate surface area is 146 Å². The number of benzene rings is 1. The van der Waals surface area contributed by atoms with Crippen LogP contribution in [0.2, 0.25) is 0 Å². The molecule has 8 nitrogen and oxygen atoms in total. The number of carbonyl (C=O) groups is 2. The molecule has 0 radical (unpaired) electrons. The van der Waals surface area contributed by atoms with E-state index in [9.17, 15) is 24.8 Å². The lowest BCUT2D eigenvalue weighted by Crippen LogP contribution is -2.26. The normalized spacial score (nSPS) is 10.3. The largest absolute Gasteiger partial charge is 0.501 e. The molecule has 1 aromatic carbocycles. The maximum atomic E-state index is 11.8. The number of halogens is 1. The second-order valence-corrected chi connectivity index (χ2v) is 6.10. The predicted molar refractivity (Wildman–Crippen MR) is 90.3 cm³/mol. The average molecular weight is 436 g/mol. The second-order valence-electron chi connectivity index (χ2n) is 4.93. The number of hydrogen-bond acceptors (Lipinski definition) is 5. The van der Waals surface area contributed by atoms with E-state index in [2.05, 4.69) is 5.32 Å². The summed E-state index contributed by atoms with van der Waals surface area (Å²) in [6.45, 7) is 0.426. The molecule has 0 bridgehead atoms. The van der Waals surface area contributed by atoms with Gasteiger partial charge in [0.1, 0.15) is 0 Å². The number of rotatable bonds is 9.